The molecule has 0 radical (unpaired) electrons. The molecule has 20 heavy (non-hydrogen) atoms. The molecule has 2 N–H and O–H groups in total. The summed E-state index contributed by atoms with van der Waals surface area (Å²) in [5.41, 5.74) is 0.706. The molecule has 0 spiro atoms. The molecule has 5 heteroatoms. The minimum absolute atomic E-state index is 0.0516. The molecule has 2 aromatic carbocycles. The number of esters is 1. The van der Waals surface area contributed by atoms with Gasteiger partial charge in [0.25, 0.3) is 0 Å². The van der Waals surface area contributed by atoms with E-state index in [0.717, 1.165) is 0 Å². The summed E-state index contributed by atoms with van der Waals surface area (Å²) < 4.78 is 5.10. The zero-order valence-electron chi connectivity index (χ0n) is 10.2. The van der Waals surface area contributed by atoms with Crippen molar-refractivity contribution >= 4 is 11.8 Å². The number of carbonyl (C=O) groups is 2. The molecular formula is C15H10O5. The van der Waals surface area contributed by atoms with Crippen LogP contribution in [-0.4, -0.2) is 22.0 Å². The van der Waals surface area contributed by atoms with Gasteiger partial charge in [-0.15, -0.1) is 0 Å². The van der Waals surface area contributed by atoms with Gasteiger partial charge in [0.2, 0.25) is 0 Å². The van der Waals surface area contributed by atoms with Crippen LogP contribution in [0.15, 0.2) is 42.5 Å². The van der Waals surface area contributed by atoms with Gasteiger partial charge in [-0.2, -0.15) is 0 Å². The highest BCUT2D eigenvalue weighted by molar-refractivity contribution is 6.17. The van der Waals surface area contributed by atoms with Crippen molar-refractivity contribution in [2.24, 2.45) is 0 Å². The Morgan fingerprint density at radius 3 is 2.25 bits per heavy atom. The van der Waals surface area contributed by atoms with Gasteiger partial charge in [0.05, 0.1) is 5.56 Å². The van der Waals surface area contributed by atoms with Gasteiger partial charge < -0.3 is 14.9 Å². The van der Waals surface area contributed by atoms with Gasteiger partial charge in [-0.25, -0.2) is 0 Å². The van der Waals surface area contributed by atoms with E-state index >= 15 is 0 Å². The first kappa shape index (κ1) is 12.2. The maximum atomic E-state index is 12.4. The van der Waals surface area contributed by atoms with Gasteiger partial charge in [-0.3, -0.25) is 9.59 Å². The molecule has 1 heterocycles. The van der Waals surface area contributed by atoms with Crippen LogP contribution in [0.2, 0.25) is 0 Å². The summed E-state index contributed by atoms with van der Waals surface area (Å²) in [5, 5.41) is 18.6. The molecule has 0 amide bonds. The van der Waals surface area contributed by atoms with Gasteiger partial charge in [0.1, 0.15) is 23.2 Å². The number of phenolic OH excluding ortho intramolecular Hbond substituents is 2. The van der Waals surface area contributed by atoms with E-state index in [9.17, 15) is 19.8 Å². The SMILES string of the molecule is O=C1Oc2cc(O)ccc2C(=O)C1c1ccc(O)cc1. The van der Waals surface area contributed by atoms with Crippen molar-refractivity contribution in [2.45, 2.75) is 5.92 Å². The predicted molar refractivity (Wildman–Crippen MR) is 68.9 cm³/mol. The number of phenols is 2. The number of fused-ring (bicyclic) bond motifs is 1. The minimum Gasteiger partial charge on any atom is -0.508 e. The highest BCUT2D eigenvalue weighted by Crippen LogP contribution is 2.35. The molecule has 1 aliphatic heterocycles. The van der Waals surface area contributed by atoms with Crippen LogP contribution in [0.5, 0.6) is 17.2 Å². The quantitative estimate of drug-likeness (QED) is 0.470. The lowest BCUT2D eigenvalue weighted by atomic mass is 9.88. The highest BCUT2D eigenvalue weighted by Gasteiger charge is 2.37. The first-order valence-electron chi connectivity index (χ1n) is 5.94. The van der Waals surface area contributed by atoms with Crippen LogP contribution in [0.25, 0.3) is 0 Å². The molecular weight excluding hydrogens is 260 g/mol. The van der Waals surface area contributed by atoms with E-state index < -0.39 is 11.9 Å². The molecule has 2 aromatic rings. The Morgan fingerprint density at radius 2 is 1.55 bits per heavy atom. The third kappa shape index (κ3) is 1.89. The Bertz CT molecular complexity index is 703. The number of benzene rings is 2. The van der Waals surface area contributed by atoms with E-state index in [1.165, 1.54) is 42.5 Å². The van der Waals surface area contributed by atoms with Gasteiger partial charge in [-0.1, -0.05) is 12.1 Å². The molecule has 0 fully saturated rings. The number of ketones is 1. The third-order valence-electron chi connectivity index (χ3n) is 3.17. The van der Waals surface area contributed by atoms with Crippen LogP contribution < -0.4 is 4.74 Å². The number of hydrogen-bond acceptors (Lipinski definition) is 5. The Morgan fingerprint density at radius 1 is 0.900 bits per heavy atom. The topological polar surface area (TPSA) is 83.8 Å². The summed E-state index contributed by atoms with van der Waals surface area (Å²) in [6.45, 7) is 0. The van der Waals surface area contributed by atoms with Crippen LogP contribution in [0.4, 0.5) is 0 Å². The number of ether oxygens (including phenoxy) is 1. The summed E-state index contributed by atoms with van der Waals surface area (Å²) in [4.78, 5) is 24.4. The average molecular weight is 270 g/mol. The average Bonchev–Trinajstić information content (AvgIpc) is 2.40. The molecule has 0 saturated carbocycles. The zero-order valence-corrected chi connectivity index (χ0v) is 10.2. The predicted octanol–water partition coefficient (Wildman–Crippen LogP) is 1.98. The Labute approximate surface area is 114 Å². The van der Waals surface area contributed by atoms with E-state index in [-0.39, 0.29) is 28.6 Å². The summed E-state index contributed by atoms with van der Waals surface area (Å²) >= 11 is 0. The lowest BCUT2D eigenvalue weighted by Crippen LogP contribution is -2.31. The van der Waals surface area contributed by atoms with E-state index in [1.807, 2.05) is 0 Å². The zero-order chi connectivity index (χ0) is 14.3. The number of hydrogen-bond donors (Lipinski definition) is 2. The largest absolute Gasteiger partial charge is 0.508 e. The molecule has 0 aliphatic carbocycles. The summed E-state index contributed by atoms with van der Waals surface area (Å²) in [5.74, 6) is -2.09. The molecule has 0 bridgehead atoms. The van der Waals surface area contributed by atoms with Crippen molar-refractivity contribution in [3.8, 4) is 17.2 Å². The second-order valence-corrected chi connectivity index (χ2v) is 4.49. The lowest BCUT2D eigenvalue weighted by molar-refractivity contribution is -0.135. The van der Waals surface area contributed by atoms with E-state index in [4.69, 9.17) is 4.74 Å². The fourth-order valence-electron chi connectivity index (χ4n) is 2.18. The summed E-state index contributed by atoms with van der Waals surface area (Å²) in [7, 11) is 0. The molecule has 1 unspecified atom stereocenters. The van der Waals surface area contributed by atoms with Gasteiger partial charge >= 0.3 is 5.97 Å². The first-order chi connectivity index (χ1) is 9.56. The van der Waals surface area contributed by atoms with Crippen molar-refractivity contribution < 1.29 is 24.5 Å². The highest BCUT2D eigenvalue weighted by atomic mass is 16.5. The molecule has 5 nitrogen and oxygen atoms in total. The first-order valence-corrected chi connectivity index (χ1v) is 5.94. The Hall–Kier alpha value is -2.82. The van der Waals surface area contributed by atoms with E-state index in [2.05, 4.69) is 0 Å². The van der Waals surface area contributed by atoms with Crippen molar-refractivity contribution in [1.29, 1.82) is 0 Å². The van der Waals surface area contributed by atoms with Crippen LogP contribution in [0.3, 0.4) is 0 Å². The number of rotatable bonds is 1. The van der Waals surface area contributed by atoms with Crippen molar-refractivity contribution in [1.82, 2.24) is 0 Å². The Balaban J connectivity index is 2.06. The monoisotopic (exact) mass is 270 g/mol. The maximum absolute atomic E-state index is 12.4. The van der Waals surface area contributed by atoms with Gasteiger partial charge in [0.15, 0.2) is 5.78 Å². The number of Topliss-reactive ketones (excluding diaryl/α,β-unsaturated/α-hetero) is 1. The smallest absolute Gasteiger partial charge is 0.326 e. The lowest BCUT2D eigenvalue weighted by Gasteiger charge is -2.22. The number of aromatic hydroxyl groups is 2. The normalized spacial score (nSPS) is 17.5. The van der Waals surface area contributed by atoms with E-state index in [0.29, 0.717) is 5.56 Å². The van der Waals surface area contributed by atoms with Crippen molar-refractivity contribution in [3.05, 3.63) is 53.6 Å². The van der Waals surface area contributed by atoms with Crippen LogP contribution in [0.1, 0.15) is 21.8 Å². The van der Waals surface area contributed by atoms with Crippen LogP contribution in [0, 0.1) is 0 Å². The number of carbonyl (C=O) groups excluding carboxylic acids is 2. The fraction of sp³-hybridized carbons (Fsp3) is 0.0667. The molecule has 1 aliphatic rings. The van der Waals surface area contributed by atoms with Crippen LogP contribution >= 0.6 is 0 Å². The summed E-state index contributed by atoms with van der Waals surface area (Å²) in [6.07, 6.45) is 0. The second kappa shape index (κ2) is 4.38. The minimum atomic E-state index is -1.05. The standard InChI is InChI=1S/C15H10O5/c16-9-3-1-8(2-4-9)13-14(18)11-6-5-10(17)7-12(11)20-15(13)19/h1-7,13,16-17H. The maximum Gasteiger partial charge on any atom is 0.326 e. The Kier molecular flexibility index (Phi) is 2.68. The van der Waals surface area contributed by atoms with Gasteiger partial charge in [0, 0.05) is 6.07 Å². The van der Waals surface area contributed by atoms with Gasteiger partial charge in [-0.05, 0) is 29.8 Å². The van der Waals surface area contributed by atoms with Crippen molar-refractivity contribution in [3.63, 3.8) is 0 Å². The van der Waals surface area contributed by atoms with Crippen molar-refractivity contribution in [2.75, 3.05) is 0 Å². The molecule has 3 rings (SSSR count). The molecule has 0 aromatic heterocycles. The second-order valence-electron chi connectivity index (χ2n) is 4.49. The molecule has 1 atom stereocenters. The fourth-order valence-corrected chi connectivity index (χ4v) is 2.18. The van der Waals surface area contributed by atoms with E-state index in [1.54, 1.807) is 0 Å². The molecule has 100 valence electrons. The third-order valence-corrected chi connectivity index (χ3v) is 3.17. The molecule has 0 saturated heterocycles. The van der Waals surface area contributed by atoms with Crippen LogP contribution in [-0.2, 0) is 4.79 Å². The summed E-state index contributed by atoms with van der Waals surface area (Å²) in [6, 6.07) is 9.84.